The number of aliphatic imine (C=N–C) groups is 1. The molecule has 0 atom stereocenters. The topological polar surface area (TPSA) is 88.4 Å². The van der Waals surface area contributed by atoms with Crippen LogP contribution in [0.1, 0.15) is 36.7 Å². The number of rotatable bonds is 7. The number of aromatic carboxylic acids is 1. The Morgan fingerprint density at radius 2 is 1.97 bits per heavy atom. The number of likely N-dealkylation sites (N-methyl/N-ethyl adjacent to an activating group) is 1. The van der Waals surface area contributed by atoms with Gasteiger partial charge in [0.05, 0.1) is 33.8 Å². The van der Waals surface area contributed by atoms with E-state index in [9.17, 15) is 9.59 Å². The first-order chi connectivity index (χ1) is 15.2. The van der Waals surface area contributed by atoms with E-state index in [1.807, 2.05) is 32.9 Å². The summed E-state index contributed by atoms with van der Waals surface area (Å²) in [4.78, 5) is 30.6. The Morgan fingerprint density at radius 3 is 2.53 bits per heavy atom. The van der Waals surface area contributed by atoms with Crippen LogP contribution in [0.15, 0.2) is 50.8 Å². The molecular weight excluding hydrogens is 496 g/mol. The van der Waals surface area contributed by atoms with E-state index in [1.54, 1.807) is 30.2 Å². The Hall–Kier alpha value is -2.78. The molecule has 9 heteroatoms. The minimum atomic E-state index is -0.999. The lowest BCUT2D eigenvalue weighted by Gasteiger charge is -2.16. The highest BCUT2D eigenvalue weighted by molar-refractivity contribution is 9.10. The maximum atomic E-state index is 12.9. The molecule has 7 nitrogen and oxygen atoms in total. The van der Waals surface area contributed by atoms with Crippen LogP contribution >= 0.6 is 27.7 Å². The van der Waals surface area contributed by atoms with E-state index >= 15 is 0 Å². The van der Waals surface area contributed by atoms with Crippen LogP contribution < -0.4 is 9.47 Å². The molecule has 2 aromatic carbocycles. The molecule has 1 heterocycles. The maximum Gasteiger partial charge on any atom is 0.335 e. The number of halogens is 1. The van der Waals surface area contributed by atoms with Crippen molar-refractivity contribution in [1.82, 2.24) is 4.90 Å². The van der Waals surface area contributed by atoms with E-state index in [2.05, 4.69) is 20.9 Å². The van der Waals surface area contributed by atoms with E-state index in [0.29, 0.717) is 33.8 Å². The summed E-state index contributed by atoms with van der Waals surface area (Å²) in [5.41, 5.74) is 1.54. The van der Waals surface area contributed by atoms with Gasteiger partial charge in [-0.15, -0.1) is 0 Å². The zero-order chi connectivity index (χ0) is 23.4. The number of amides is 1. The van der Waals surface area contributed by atoms with Gasteiger partial charge < -0.3 is 14.6 Å². The molecule has 32 heavy (non-hydrogen) atoms. The summed E-state index contributed by atoms with van der Waals surface area (Å²) < 4.78 is 12.0. The van der Waals surface area contributed by atoms with E-state index in [1.165, 1.54) is 23.9 Å². The number of carboxylic acid groups (broad SMARTS) is 1. The Balaban J connectivity index is 1.93. The van der Waals surface area contributed by atoms with Crippen LogP contribution in [0.4, 0.5) is 5.69 Å². The zero-order valence-corrected chi connectivity index (χ0v) is 20.5. The lowest BCUT2D eigenvalue weighted by Crippen LogP contribution is -2.28. The molecule has 0 aliphatic carbocycles. The molecule has 168 valence electrons. The van der Waals surface area contributed by atoms with Gasteiger partial charge in [-0.2, -0.15) is 0 Å². The summed E-state index contributed by atoms with van der Waals surface area (Å²) in [5, 5.41) is 9.59. The molecule has 0 bridgehead atoms. The molecule has 3 rings (SSSR count). The number of ether oxygens (including phenoxy) is 2. The highest BCUT2D eigenvalue weighted by atomic mass is 79.9. The van der Waals surface area contributed by atoms with Gasteiger partial charge in [0.15, 0.2) is 16.7 Å². The van der Waals surface area contributed by atoms with E-state index in [0.717, 1.165) is 10.0 Å². The number of carbonyl (C=O) groups excluding carboxylic acids is 1. The van der Waals surface area contributed by atoms with Crippen molar-refractivity contribution in [2.45, 2.75) is 26.9 Å². The number of amidine groups is 1. The average molecular weight is 519 g/mol. The van der Waals surface area contributed by atoms with Crippen LogP contribution in [0.3, 0.4) is 0 Å². The molecule has 1 aliphatic heterocycles. The number of carboxylic acids is 1. The SMILES string of the molecule is CCN1C(=O)/C(=C\c2cc(Br)c(OC(C)C)c(OC)c2)SC1=Nc1ccc(C(=O)O)cc1. The highest BCUT2D eigenvalue weighted by Crippen LogP contribution is 2.40. The van der Waals surface area contributed by atoms with Crippen molar-refractivity contribution < 1.29 is 24.2 Å². The van der Waals surface area contributed by atoms with Crippen molar-refractivity contribution in [2.75, 3.05) is 13.7 Å². The van der Waals surface area contributed by atoms with Gasteiger partial charge in [0.2, 0.25) is 0 Å². The second-order valence-corrected chi connectivity index (χ2v) is 8.97. The van der Waals surface area contributed by atoms with Crippen molar-refractivity contribution in [3.8, 4) is 11.5 Å². The van der Waals surface area contributed by atoms with Gasteiger partial charge in [0, 0.05) is 6.54 Å². The number of benzene rings is 2. The van der Waals surface area contributed by atoms with E-state index in [4.69, 9.17) is 14.6 Å². The second-order valence-electron chi connectivity index (χ2n) is 7.11. The third-order valence-corrected chi connectivity index (χ3v) is 6.04. The van der Waals surface area contributed by atoms with Gasteiger partial charge in [0.25, 0.3) is 5.91 Å². The maximum absolute atomic E-state index is 12.9. The zero-order valence-electron chi connectivity index (χ0n) is 18.1. The van der Waals surface area contributed by atoms with E-state index in [-0.39, 0.29) is 17.6 Å². The molecule has 1 aliphatic rings. The van der Waals surface area contributed by atoms with Crippen molar-refractivity contribution in [3.05, 3.63) is 56.9 Å². The largest absolute Gasteiger partial charge is 0.493 e. The van der Waals surface area contributed by atoms with Gasteiger partial charge in [-0.1, -0.05) is 0 Å². The number of nitrogens with zero attached hydrogens (tertiary/aromatic N) is 2. The fourth-order valence-electron chi connectivity index (χ4n) is 2.98. The molecule has 0 radical (unpaired) electrons. The second kappa shape index (κ2) is 10.2. The Labute approximate surface area is 199 Å². The van der Waals surface area contributed by atoms with Gasteiger partial charge in [0.1, 0.15) is 0 Å². The first kappa shape index (κ1) is 23.9. The molecule has 1 saturated heterocycles. The average Bonchev–Trinajstić information content (AvgIpc) is 3.03. The summed E-state index contributed by atoms with van der Waals surface area (Å²) in [7, 11) is 1.57. The molecule has 0 aromatic heterocycles. The smallest absolute Gasteiger partial charge is 0.335 e. The predicted molar refractivity (Wildman–Crippen MR) is 130 cm³/mol. The quantitative estimate of drug-likeness (QED) is 0.482. The van der Waals surface area contributed by atoms with Crippen LogP contribution in [0.25, 0.3) is 6.08 Å². The van der Waals surface area contributed by atoms with Crippen LogP contribution in [0.5, 0.6) is 11.5 Å². The van der Waals surface area contributed by atoms with Gasteiger partial charge >= 0.3 is 5.97 Å². The lowest BCUT2D eigenvalue weighted by atomic mass is 10.1. The van der Waals surface area contributed by atoms with Crippen molar-refractivity contribution in [3.63, 3.8) is 0 Å². The molecule has 1 amide bonds. The van der Waals surface area contributed by atoms with Crippen LogP contribution in [0, 0.1) is 0 Å². The van der Waals surface area contributed by atoms with Crippen LogP contribution in [-0.4, -0.2) is 46.8 Å². The molecule has 1 N–H and O–H groups in total. The Bertz CT molecular complexity index is 1100. The standard InChI is InChI=1S/C23H23BrN2O5S/c1-5-26-21(27)19(32-23(26)25-16-8-6-15(7-9-16)22(28)29)12-14-10-17(24)20(31-13(2)3)18(11-14)30-4/h6-13H,5H2,1-4H3,(H,28,29)/b19-12+,25-23?. The van der Waals surface area contributed by atoms with Crippen molar-refractivity contribution >= 4 is 56.5 Å². The minimum absolute atomic E-state index is 0.0159. The van der Waals surface area contributed by atoms with Crippen molar-refractivity contribution in [2.24, 2.45) is 4.99 Å². The van der Waals surface area contributed by atoms with Crippen molar-refractivity contribution in [1.29, 1.82) is 0 Å². The Morgan fingerprint density at radius 1 is 1.28 bits per heavy atom. The Kier molecular flexibility index (Phi) is 7.63. The number of thioether (sulfide) groups is 1. The number of hydrogen-bond acceptors (Lipinski definition) is 6. The third-order valence-electron chi connectivity index (χ3n) is 4.45. The molecule has 0 saturated carbocycles. The predicted octanol–water partition coefficient (Wildman–Crippen LogP) is 5.57. The molecule has 0 unspecified atom stereocenters. The van der Waals surface area contributed by atoms with Gasteiger partial charge in [-0.05, 0) is 96.5 Å². The monoisotopic (exact) mass is 518 g/mol. The normalized spacial score (nSPS) is 16.3. The molecule has 0 spiro atoms. The van der Waals surface area contributed by atoms with Gasteiger partial charge in [-0.3, -0.25) is 9.69 Å². The van der Waals surface area contributed by atoms with Crippen LogP contribution in [0.2, 0.25) is 0 Å². The number of carbonyl (C=O) groups is 2. The van der Waals surface area contributed by atoms with Crippen LogP contribution in [-0.2, 0) is 4.79 Å². The number of methoxy groups -OCH3 is 1. The fourth-order valence-corrected chi connectivity index (χ4v) is 4.60. The summed E-state index contributed by atoms with van der Waals surface area (Å²) in [5.74, 6) is 0.0323. The molecular formula is C23H23BrN2O5S. The molecule has 2 aromatic rings. The first-order valence-electron chi connectivity index (χ1n) is 9.91. The third kappa shape index (κ3) is 5.34. The minimum Gasteiger partial charge on any atom is -0.493 e. The summed E-state index contributed by atoms with van der Waals surface area (Å²) >= 11 is 4.80. The van der Waals surface area contributed by atoms with E-state index < -0.39 is 5.97 Å². The summed E-state index contributed by atoms with van der Waals surface area (Å²) in [6, 6.07) is 9.90. The summed E-state index contributed by atoms with van der Waals surface area (Å²) in [6.07, 6.45) is 1.77. The summed E-state index contributed by atoms with van der Waals surface area (Å²) in [6.45, 7) is 6.21. The first-order valence-corrected chi connectivity index (χ1v) is 11.5. The highest BCUT2D eigenvalue weighted by Gasteiger charge is 2.32. The number of hydrogen-bond donors (Lipinski definition) is 1. The lowest BCUT2D eigenvalue weighted by molar-refractivity contribution is -0.122. The fraction of sp³-hybridized carbons (Fsp3) is 0.261. The van der Waals surface area contributed by atoms with Gasteiger partial charge in [-0.25, -0.2) is 9.79 Å². The molecule has 1 fully saturated rings.